The Hall–Kier alpha value is -1.82. The summed E-state index contributed by atoms with van der Waals surface area (Å²) in [5, 5.41) is 6.88. The number of halogens is 1. The highest BCUT2D eigenvalue weighted by Crippen LogP contribution is 2.19. The number of aromatic nitrogens is 4. The second-order valence-corrected chi connectivity index (χ2v) is 4.86. The van der Waals surface area contributed by atoms with Gasteiger partial charge >= 0.3 is 0 Å². The molecule has 2 rings (SSSR count). The standard InChI is InChI=1S/C13H19ClN6/c1-3-5-17-13-18-9-10(14)12(19-13)16-6-4-11-15-7-8-20(11)2/h7-9H,3-6H2,1-2H3,(H2,16,17,18,19). The van der Waals surface area contributed by atoms with Crippen molar-refractivity contribution in [1.29, 1.82) is 0 Å². The maximum Gasteiger partial charge on any atom is 0.224 e. The minimum atomic E-state index is 0.520. The lowest BCUT2D eigenvalue weighted by molar-refractivity contribution is 0.788. The molecule has 2 aromatic heterocycles. The molecule has 0 radical (unpaired) electrons. The Morgan fingerprint density at radius 1 is 1.25 bits per heavy atom. The highest BCUT2D eigenvalue weighted by atomic mass is 35.5. The average molecular weight is 295 g/mol. The summed E-state index contributed by atoms with van der Waals surface area (Å²) in [5.41, 5.74) is 0. The van der Waals surface area contributed by atoms with Crippen molar-refractivity contribution in [3.05, 3.63) is 29.4 Å². The van der Waals surface area contributed by atoms with Crippen molar-refractivity contribution in [1.82, 2.24) is 19.5 Å². The van der Waals surface area contributed by atoms with Gasteiger partial charge in [-0.25, -0.2) is 9.97 Å². The second kappa shape index (κ2) is 7.09. The van der Waals surface area contributed by atoms with Crippen LogP contribution in [0.3, 0.4) is 0 Å². The van der Waals surface area contributed by atoms with E-state index in [1.165, 1.54) is 0 Å². The van der Waals surface area contributed by atoms with Crippen LogP contribution in [0.1, 0.15) is 19.2 Å². The summed E-state index contributed by atoms with van der Waals surface area (Å²) in [6.07, 6.45) is 7.16. The molecule has 0 aliphatic carbocycles. The molecule has 20 heavy (non-hydrogen) atoms. The van der Waals surface area contributed by atoms with Gasteiger partial charge in [0.2, 0.25) is 5.95 Å². The summed E-state index contributed by atoms with van der Waals surface area (Å²) < 4.78 is 2.00. The lowest BCUT2D eigenvalue weighted by atomic mass is 10.4. The first kappa shape index (κ1) is 14.6. The maximum atomic E-state index is 6.09. The third kappa shape index (κ3) is 3.84. The van der Waals surface area contributed by atoms with Gasteiger partial charge in [0, 0.05) is 39.0 Å². The molecule has 0 bridgehead atoms. The number of hydrogen-bond acceptors (Lipinski definition) is 5. The predicted molar refractivity (Wildman–Crippen MR) is 81.2 cm³/mol. The van der Waals surface area contributed by atoms with Crippen LogP contribution in [-0.2, 0) is 13.5 Å². The third-order valence-electron chi connectivity index (χ3n) is 2.84. The molecule has 0 amide bonds. The Balaban J connectivity index is 1.92. The summed E-state index contributed by atoms with van der Waals surface area (Å²) in [5.74, 6) is 2.26. The number of rotatable bonds is 7. The van der Waals surface area contributed by atoms with E-state index in [9.17, 15) is 0 Å². The fourth-order valence-electron chi connectivity index (χ4n) is 1.74. The van der Waals surface area contributed by atoms with Crippen molar-refractivity contribution in [2.24, 2.45) is 7.05 Å². The second-order valence-electron chi connectivity index (χ2n) is 4.45. The SMILES string of the molecule is CCCNc1ncc(Cl)c(NCCc2nccn2C)n1. The smallest absolute Gasteiger partial charge is 0.224 e. The Bertz CT molecular complexity index is 554. The first-order valence-corrected chi connectivity index (χ1v) is 7.05. The van der Waals surface area contributed by atoms with Gasteiger partial charge in [0.25, 0.3) is 0 Å². The van der Waals surface area contributed by atoms with Gasteiger partial charge in [-0.2, -0.15) is 4.98 Å². The normalized spacial score (nSPS) is 10.6. The van der Waals surface area contributed by atoms with Gasteiger partial charge in [-0.1, -0.05) is 18.5 Å². The van der Waals surface area contributed by atoms with Crippen molar-refractivity contribution in [2.45, 2.75) is 19.8 Å². The van der Waals surface area contributed by atoms with Crippen LogP contribution in [0, 0.1) is 0 Å². The number of nitrogens with zero attached hydrogens (tertiary/aromatic N) is 4. The molecule has 6 nitrogen and oxygen atoms in total. The monoisotopic (exact) mass is 294 g/mol. The van der Waals surface area contributed by atoms with E-state index in [1.54, 1.807) is 12.4 Å². The molecule has 0 fully saturated rings. The van der Waals surface area contributed by atoms with Gasteiger partial charge in [-0.15, -0.1) is 0 Å². The fraction of sp³-hybridized carbons (Fsp3) is 0.462. The Morgan fingerprint density at radius 2 is 2.10 bits per heavy atom. The van der Waals surface area contributed by atoms with Gasteiger partial charge in [0.05, 0.1) is 6.20 Å². The average Bonchev–Trinajstić information content (AvgIpc) is 2.85. The van der Waals surface area contributed by atoms with Gasteiger partial charge < -0.3 is 15.2 Å². The van der Waals surface area contributed by atoms with Crippen LogP contribution in [0.5, 0.6) is 0 Å². The van der Waals surface area contributed by atoms with Gasteiger partial charge in [-0.3, -0.25) is 0 Å². The van der Waals surface area contributed by atoms with Crippen LogP contribution >= 0.6 is 11.6 Å². The van der Waals surface area contributed by atoms with Gasteiger partial charge in [-0.05, 0) is 6.42 Å². The van der Waals surface area contributed by atoms with E-state index in [4.69, 9.17) is 11.6 Å². The first-order valence-electron chi connectivity index (χ1n) is 6.67. The van der Waals surface area contributed by atoms with E-state index in [-0.39, 0.29) is 0 Å². The molecule has 0 saturated carbocycles. The largest absolute Gasteiger partial charge is 0.368 e. The van der Waals surface area contributed by atoms with Crippen molar-refractivity contribution in [3.63, 3.8) is 0 Å². The lowest BCUT2D eigenvalue weighted by Crippen LogP contribution is -2.11. The number of imidazole rings is 1. The molecule has 0 saturated heterocycles. The molecule has 0 atom stereocenters. The first-order chi connectivity index (χ1) is 9.70. The molecule has 0 unspecified atom stereocenters. The van der Waals surface area contributed by atoms with E-state index in [1.807, 2.05) is 17.8 Å². The molecule has 2 aromatic rings. The summed E-state index contributed by atoms with van der Waals surface area (Å²) in [6, 6.07) is 0. The minimum absolute atomic E-state index is 0.520. The summed E-state index contributed by atoms with van der Waals surface area (Å²) >= 11 is 6.09. The highest BCUT2D eigenvalue weighted by Gasteiger charge is 2.05. The Morgan fingerprint density at radius 3 is 2.80 bits per heavy atom. The number of nitrogens with one attached hydrogen (secondary N) is 2. The van der Waals surface area contributed by atoms with E-state index < -0.39 is 0 Å². The zero-order chi connectivity index (χ0) is 14.4. The van der Waals surface area contributed by atoms with E-state index in [0.717, 1.165) is 31.8 Å². The number of anilines is 2. The molecule has 2 heterocycles. The summed E-state index contributed by atoms with van der Waals surface area (Å²) in [7, 11) is 1.98. The van der Waals surface area contributed by atoms with Crippen LogP contribution in [-0.4, -0.2) is 32.6 Å². The zero-order valence-electron chi connectivity index (χ0n) is 11.7. The van der Waals surface area contributed by atoms with Crippen LogP contribution in [0.2, 0.25) is 5.02 Å². The Labute approximate surface area is 123 Å². The van der Waals surface area contributed by atoms with E-state index in [2.05, 4.69) is 32.5 Å². The van der Waals surface area contributed by atoms with Crippen LogP contribution in [0.15, 0.2) is 18.6 Å². The zero-order valence-corrected chi connectivity index (χ0v) is 12.5. The summed E-state index contributed by atoms with van der Waals surface area (Å²) in [6.45, 7) is 3.65. The molecule has 108 valence electrons. The van der Waals surface area contributed by atoms with Crippen LogP contribution < -0.4 is 10.6 Å². The summed E-state index contributed by atoms with van der Waals surface area (Å²) in [4.78, 5) is 12.8. The fourth-order valence-corrected chi connectivity index (χ4v) is 1.90. The van der Waals surface area contributed by atoms with Crippen LogP contribution in [0.25, 0.3) is 0 Å². The van der Waals surface area contributed by atoms with Crippen molar-refractivity contribution < 1.29 is 0 Å². The maximum absolute atomic E-state index is 6.09. The molecule has 0 aliphatic heterocycles. The molecule has 0 aromatic carbocycles. The Kier molecular flexibility index (Phi) is 5.17. The third-order valence-corrected chi connectivity index (χ3v) is 3.12. The highest BCUT2D eigenvalue weighted by molar-refractivity contribution is 6.32. The van der Waals surface area contributed by atoms with Crippen molar-refractivity contribution >= 4 is 23.4 Å². The van der Waals surface area contributed by atoms with Crippen molar-refractivity contribution in [2.75, 3.05) is 23.7 Å². The minimum Gasteiger partial charge on any atom is -0.368 e. The quantitative estimate of drug-likeness (QED) is 0.820. The number of aryl methyl sites for hydroxylation is 1. The predicted octanol–water partition coefficient (Wildman–Crippen LogP) is 2.34. The van der Waals surface area contributed by atoms with Crippen molar-refractivity contribution in [3.8, 4) is 0 Å². The molecule has 0 spiro atoms. The molecular weight excluding hydrogens is 276 g/mol. The van der Waals surface area contributed by atoms with Crippen LogP contribution in [0.4, 0.5) is 11.8 Å². The number of hydrogen-bond donors (Lipinski definition) is 2. The molecular formula is C13H19ClN6. The molecule has 7 heteroatoms. The lowest BCUT2D eigenvalue weighted by Gasteiger charge is -2.09. The molecule has 0 aliphatic rings. The van der Waals surface area contributed by atoms with E-state index in [0.29, 0.717) is 16.8 Å². The molecule has 2 N–H and O–H groups in total. The van der Waals surface area contributed by atoms with Gasteiger partial charge in [0.1, 0.15) is 16.7 Å². The van der Waals surface area contributed by atoms with Gasteiger partial charge in [0.15, 0.2) is 0 Å². The topological polar surface area (TPSA) is 67.7 Å². The van der Waals surface area contributed by atoms with E-state index >= 15 is 0 Å².